The molecule has 1 heterocycles. The average Bonchev–Trinajstić information content (AvgIpc) is 2.32. The Hall–Kier alpha value is -1.13. The van der Waals surface area contributed by atoms with E-state index < -0.39 is 0 Å². The van der Waals surface area contributed by atoms with Crippen molar-refractivity contribution in [3.8, 4) is 0 Å². The van der Waals surface area contributed by atoms with Crippen LogP contribution in [0.5, 0.6) is 0 Å². The fraction of sp³-hybridized carbons (Fsp3) is 0.500. The molecule has 1 aliphatic rings. The lowest BCUT2D eigenvalue weighted by Gasteiger charge is -2.40. The van der Waals surface area contributed by atoms with Crippen molar-refractivity contribution in [3.05, 3.63) is 29.3 Å². The van der Waals surface area contributed by atoms with Gasteiger partial charge in [-0.15, -0.1) is 0 Å². The smallest absolute Gasteiger partial charge is 0.106 e. The Labute approximate surface area is 114 Å². The van der Waals surface area contributed by atoms with Crippen molar-refractivity contribution in [2.24, 2.45) is 5.73 Å². The van der Waals surface area contributed by atoms with Crippen molar-refractivity contribution >= 4 is 22.9 Å². The quantitative estimate of drug-likeness (QED) is 0.832. The Morgan fingerprint density at radius 1 is 1.44 bits per heavy atom. The van der Waals surface area contributed by atoms with Crippen molar-refractivity contribution in [2.45, 2.75) is 32.9 Å². The highest BCUT2D eigenvalue weighted by Crippen LogP contribution is 2.29. The van der Waals surface area contributed by atoms with Crippen molar-refractivity contribution < 1.29 is 4.74 Å². The first-order valence-electron chi connectivity index (χ1n) is 6.28. The summed E-state index contributed by atoms with van der Waals surface area (Å²) in [7, 11) is 0. The van der Waals surface area contributed by atoms with Crippen LogP contribution in [-0.4, -0.2) is 30.3 Å². The molecule has 98 valence electrons. The average molecular weight is 264 g/mol. The molecule has 1 aromatic rings. The third kappa shape index (κ3) is 2.49. The molecule has 0 amide bonds. The monoisotopic (exact) mass is 264 g/mol. The number of ether oxygens (including phenoxy) is 1. The van der Waals surface area contributed by atoms with Gasteiger partial charge in [-0.2, -0.15) is 0 Å². The molecule has 1 fully saturated rings. The van der Waals surface area contributed by atoms with E-state index in [0.717, 1.165) is 24.4 Å². The Morgan fingerprint density at radius 3 is 2.83 bits per heavy atom. The zero-order valence-corrected chi connectivity index (χ0v) is 12.0. The maximum Gasteiger partial charge on any atom is 0.106 e. The molecule has 2 rings (SSSR count). The summed E-state index contributed by atoms with van der Waals surface area (Å²) >= 11 is 5.17. The normalized spacial score (nSPS) is 24.1. The molecule has 1 aliphatic heterocycles. The number of para-hydroxylation sites is 1. The second-order valence-corrected chi connectivity index (χ2v) is 5.42. The van der Waals surface area contributed by atoms with Crippen LogP contribution in [0, 0.1) is 6.92 Å². The summed E-state index contributed by atoms with van der Waals surface area (Å²) < 4.78 is 5.68. The number of benzene rings is 1. The highest BCUT2D eigenvalue weighted by Gasteiger charge is 2.26. The first-order chi connectivity index (χ1) is 8.50. The van der Waals surface area contributed by atoms with Gasteiger partial charge in [0.2, 0.25) is 0 Å². The number of nitrogens with two attached hydrogens (primary N) is 1. The number of hydrogen-bond acceptors (Lipinski definition) is 3. The fourth-order valence-corrected chi connectivity index (χ4v) is 2.62. The van der Waals surface area contributed by atoms with Crippen molar-refractivity contribution in [1.82, 2.24) is 0 Å². The van der Waals surface area contributed by atoms with Crippen LogP contribution in [0.3, 0.4) is 0 Å². The number of nitrogens with zero attached hydrogens (tertiary/aromatic N) is 1. The zero-order valence-electron chi connectivity index (χ0n) is 11.1. The number of aryl methyl sites for hydroxylation is 1. The molecule has 2 unspecified atom stereocenters. The topological polar surface area (TPSA) is 38.5 Å². The lowest BCUT2D eigenvalue weighted by atomic mass is 10.0. The van der Waals surface area contributed by atoms with Gasteiger partial charge in [0.25, 0.3) is 0 Å². The summed E-state index contributed by atoms with van der Waals surface area (Å²) in [5.41, 5.74) is 9.18. The molecule has 3 nitrogen and oxygen atoms in total. The molecule has 0 radical (unpaired) electrons. The van der Waals surface area contributed by atoms with Gasteiger partial charge >= 0.3 is 0 Å². The predicted octanol–water partition coefficient (Wildman–Crippen LogP) is 2.24. The maximum absolute atomic E-state index is 5.84. The van der Waals surface area contributed by atoms with E-state index in [9.17, 15) is 0 Å². The summed E-state index contributed by atoms with van der Waals surface area (Å²) in [6.45, 7) is 7.98. The van der Waals surface area contributed by atoms with E-state index in [1.54, 1.807) is 0 Å². The Morgan fingerprint density at radius 2 is 2.17 bits per heavy atom. The fourth-order valence-electron chi connectivity index (χ4n) is 2.45. The van der Waals surface area contributed by atoms with Crippen LogP contribution in [0.15, 0.2) is 18.2 Å². The Bertz CT molecular complexity index is 461. The standard InChI is InChI=1S/C14H20N2OS/c1-9-5-4-6-12(14(15)18)13(9)16-7-11(3)17-8-10(16)2/h4-6,10-11H,7-8H2,1-3H3,(H2,15,18). The summed E-state index contributed by atoms with van der Waals surface area (Å²) in [6.07, 6.45) is 0.236. The third-order valence-corrected chi connectivity index (χ3v) is 3.62. The van der Waals surface area contributed by atoms with E-state index >= 15 is 0 Å². The highest BCUT2D eigenvalue weighted by molar-refractivity contribution is 7.80. The SMILES string of the molecule is Cc1cccc(C(N)=S)c1N1CC(C)OCC1C. The summed E-state index contributed by atoms with van der Waals surface area (Å²) in [6, 6.07) is 6.44. The van der Waals surface area contributed by atoms with Crippen LogP contribution in [0.4, 0.5) is 5.69 Å². The van der Waals surface area contributed by atoms with Crippen molar-refractivity contribution in [1.29, 1.82) is 0 Å². The van der Waals surface area contributed by atoms with Gasteiger partial charge in [-0.25, -0.2) is 0 Å². The number of thiocarbonyl (C=S) groups is 1. The second kappa shape index (κ2) is 5.24. The summed E-state index contributed by atoms with van der Waals surface area (Å²) in [4.78, 5) is 2.82. The molecule has 18 heavy (non-hydrogen) atoms. The van der Waals surface area contributed by atoms with E-state index in [-0.39, 0.29) is 6.10 Å². The van der Waals surface area contributed by atoms with Gasteiger partial charge in [-0.3, -0.25) is 0 Å². The van der Waals surface area contributed by atoms with Crippen LogP contribution < -0.4 is 10.6 Å². The molecule has 0 aromatic heterocycles. The lowest BCUT2D eigenvalue weighted by molar-refractivity contribution is 0.0343. The molecule has 0 spiro atoms. The van der Waals surface area contributed by atoms with Gasteiger partial charge in [0.05, 0.1) is 18.4 Å². The van der Waals surface area contributed by atoms with Gasteiger partial charge in [-0.1, -0.05) is 24.4 Å². The maximum atomic E-state index is 5.84. The molecule has 2 N–H and O–H groups in total. The first-order valence-corrected chi connectivity index (χ1v) is 6.69. The van der Waals surface area contributed by atoms with Gasteiger partial charge in [0.1, 0.15) is 4.99 Å². The van der Waals surface area contributed by atoms with Crippen LogP contribution in [0.2, 0.25) is 0 Å². The van der Waals surface area contributed by atoms with Gasteiger partial charge < -0.3 is 15.4 Å². The molecule has 1 aromatic carbocycles. The Kier molecular flexibility index (Phi) is 3.88. The van der Waals surface area contributed by atoms with Crippen LogP contribution in [0.1, 0.15) is 25.0 Å². The molecule has 0 bridgehead atoms. The van der Waals surface area contributed by atoms with Crippen LogP contribution >= 0.6 is 12.2 Å². The number of morpholine rings is 1. The number of hydrogen-bond donors (Lipinski definition) is 1. The second-order valence-electron chi connectivity index (χ2n) is 4.98. The predicted molar refractivity (Wildman–Crippen MR) is 79.3 cm³/mol. The van der Waals surface area contributed by atoms with Gasteiger partial charge in [0, 0.05) is 18.2 Å². The van der Waals surface area contributed by atoms with Gasteiger partial charge in [-0.05, 0) is 32.4 Å². The minimum Gasteiger partial charge on any atom is -0.389 e. The highest BCUT2D eigenvalue weighted by atomic mass is 32.1. The minimum absolute atomic E-state index is 0.236. The molecule has 0 aliphatic carbocycles. The number of anilines is 1. The Balaban J connectivity index is 2.45. The summed E-state index contributed by atoms with van der Waals surface area (Å²) in [5.74, 6) is 0. The van der Waals surface area contributed by atoms with E-state index in [1.165, 1.54) is 5.56 Å². The molecular weight excluding hydrogens is 244 g/mol. The molecule has 4 heteroatoms. The van der Waals surface area contributed by atoms with E-state index in [2.05, 4.69) is 31.7 Å². The van der Waals surface area contributed by atoms with Crippen molar-refractivity contribution in [2.75, 3.05) is 18.1 Å². The van der Waals surface area contributed by atoms with E-state index in [0.29, 0.717) is 11.0 Å². The third-order valence-electron chi connectivity index (χ3n) is 3.40. The number of rotatable bonds is 2. The molecule has 1 saturated heterocycles. The van der Waals surface area contributed by atoms with E-state index in [4.69, 9.17) is 22.7 Å². The van der Waals surface area contributed by atoms with Crippen LogP contribution in [0.25, 0.3) is 0 Å². The summed E-state index contributed by atoms with van der Waals surface area (Å²) in [5, 5.41) is 0. The molecule has 0 saturated carbocycles. The molecule has 2 atom stereocenters. The molecular formula is C14H20N2OS. The van der Waals surface area contributed by atoms with Crippen molar-refractivity contribution in [3.63, 3.8) is 0 Å². The lowest BCUT2D eigenvalue weighted by Crippen LogP contribution is -2.48. The van der Waals surface area contributed by atoms with Crippen LogP contribution in [-0.2, 0) is 4.74 Å². The zero-order chi connectivity index (χ0) is 13.3. The van der Waals surface area contributed by atoms with E-state index in [1.807, 2.05) is 12.1 Å². The van der Waals surface area contributed by atoms with Gasteiger partial charge in [0.15, 0.2) is 0 Å². The largest absolute Gasteiger partial charge is 0.389 e. The minimum atomic E-state index is 0.236. The first kappa shape index (κ1) is 13.3.